The molecule has 0 N–H and O–H groups in total. The Morgan fingerprint density at radius 3 is 2.50 bits per heavy atom. The van der Waals surface area contributed by atoms with Gasteiger partial charge >= 0.3 is 5.97 Å². The first-order chi connectivity index (χ1) is 6.56. The normalized spacial score (nSPS) is 31.5. The van der Waals surface area contributed by atoms with Crippen LogP contribution in [0.1, 0.15) is 40.0 Å². The first-order valence-electron chi connectivity index (χ1n) is 5.45. The molecule has 1 aliphatic rings. The molecule has 0 aromatic carbocycles. The molecule has 1 rings (SSSR count). The van der Waals surface area contributed by atoms with E-state index < -0.39 is 0 Å². The molecule has 80 valence electrons. The summed E-state index contributed by atoms with van der Waals surface area (Å²) in [5, 5.41) is 0. The molecule has 0 aromatic heterocycles. The Morgan fingerprint density at radius 2 is 2.07 bits per heavy atom. The Morgan fingerprint density at radius 1 is 1.43 bits per heavy atom. The zero-order valence-electron chi connectivity index (χ0n) is 9.38. The highest BCUT2D eigenvalue weighted by Gasteiger charge is 2.32. The molecule has 0 bridgehead atoms. The zero-order chi connectivity index (χ0) is 10.7. The highest BCUT2D eigenvalue weighted by atomic mass is 16.5. The Labute approximate surface area is 86.3 Å². The van der Waals surface area contributed by atoms with E-state index in [1.807, 2.05) is 6.92 Å². The van der Waals surface area contributed by atoms with Crippen LogP contribution in [0, 0.1) is 11.8 Å². The second-order valence-electron chi connectivity index (χ2n) is 4.31. The summed E-state index contributed by atoms with van der Waals surface area (Å²) in [6, 6.07) is 0. The van der Waals surface area contributed by atoms with Gasteiger partial charge in [0, 0.05) is 5.57 Å². The quantitative estimate of drug-likeness (QED) is 0.512. The summed E-state index contributed by atoms with van der Waals surface area (Å²) in [6.45, 7) is 9.98. The van der Waals surface area contributed by atoms with Gasteiger partial charge in [-0.3, -0.25) is 0 Å². The molecule has 1 aliphatic carbocycles. The molecule has 2 heteroatoms. The lowest BCUT2D eigenvalue weighted by Crippen LogP contribution is -2.23. The third kappa shape index (κ3) is 2.37. The van der Waals surface area contributed by atoms with Gasteiger partial charge in [0.05, 0.1) is 0 Å². The van der Waals surface area contributed by atoms with E-state index in [-0.39, 0.29) is 12.1 Å². The van der Waals surface area contributed by atoms with Gasteiger partial charge in [-0.05, 0) is 31.1 Å². The van der Waals surface area contributed by atoms with Crippen LogP contribution in [0.2, 0.25) is 0 Å². The third-order valence-corrected chi connectivity index (χ3v) is 3.36. The Bertz CT molecular complexity index is 232. The molecule has 3 atom stereocenters. The minimum Gasteiger partial charge on any atom is -0.459 e. The fraction of sp³-hybridized carbons (Fsp3) is 0.750. The lowest BCUT2D eigenvalue weighted by molar-refractivity contribution is -0.146. The van der Waals surface area contributed by atoms with E-state index in [0.717, 1.165) is 12.8 Å². The fourth-order valence-electron chi connectivity index (χ4n) is 1.85. The summed E-state index contributed by atoms with van der Waals surface area (Å²) in [6.07, 6.45) is 2.96. The standard InChI is InChI=1S/C12H20O2/c1-5-8(2)12(13)14-11-7-6-9(3)10(11)4/h9-11H,2,5-7H2,1,3-4H3. The van der Waals surface area contributed by atoms with Gasteiger partial charge in [-0.25, -0.2) is 4.79 Å². The fourth-order valence-corrected chi connectivity index (χ4v) is 1.85. The average molecular weight is 196 g/mol. The summed E-state index contributed by atoms with van der Waals surface area (Å²) in [7, 11) is 0. The molecule has 2 nitrogen and oxygen atoms in total. The molecular formula is C12H20O2. The number of carbonyl (C=O) groups excluding carboxylic acids is 1. The lowest BCUT2D eigenvalue weighted by Gasteiger charge is -2.19. The summed E-state index contributed by atoms with van der Waals surface area (Å²) in [4.78, 5) is 11.5. The van der Waals surface area contributed by atoms with Gasteiger partial charge in [0.2, 0.25) is 0 Å². The topological polar surface area (TPSA) is 26.3 Å². The van der Waals surface area contributed by atoms with Gasteiger partial charge in [0.1, 0.15) is 6.10 Å². The van der Waals surface area contributed by atoms with Crippen molar-refractivity contribution in [2.75, 3.05) is 0 Å². The highest BCUT2D eigenvalue weighted by molar-refractivity contribution is 5.87. The van der Waals surface area contributed by atoms with Crippen molar-refractivity contribution in [3.63, 3.8) is 0 Å². The number of esters is 1. The van der Waals surface area contributed by atoms with E-state index >= 15 is 0 Å². The van der Waals surface area contributed by atoms with E-state index in [0.29, 0.717) is 23.8 Å². The number of ether oxygens (including phenoxy) is 1. The minimum atomic E-state index is -0.210. The second-order valence-corrected chi connectivity index (χ2v) is 4.31. The molecule has 0 amide bonds. The Hall–Kier alpha value is -0.790. The minimum absolute atomic E-state index is 0.112. The molecule has 0 spiro atoms. The van der Waals surface area contributed by atoms with Gasteiger partial charge in [0.25, 0.3) is 0 Å². The van der Waals surface area contributed by atoms with Crippen molar-refractivity contribution >= 4 is 5.97 Å². The number of hydrogen-bond donors (Lipinski definition) is 0. The smallest absolute Gasteiger partial charge is 0.333 e. The molecule has 1 fully saturated rings. The van der Waals surface area contributed by atoms with Gasteiger partial charge < -0.3 is 4.74 Å². The monoisotopic (exact) mass is 196 g/mol. The van der Waals surface area contributed by atoms with E-state index in [2.05, 4.69) is 20.4 Å². The molecule has 0 aliphatic heterocycles. The predicted octanol–water partition coefficient (Wildman–Crippen LogP) is 2.93. The number of rotatable bonds is 3. The van der Waals surface area contributed by atoms with Gasteiger partial charge in [0.15, 0.2) is 0 Å². The van der Waals surface area contributed by atoms with E-state index in [9.17, 15) is 4.79 Å². The SMILES string of the molecule is C=C(CC)C(=O)OC1CCC(C)C1C. The van der Waals surface area contributed by atoms with Crippen molar-refractivity contribution in [1.29, 1.82) is 0 Å². The second kappa shape index (κ2) is 4.63. The number of carbonyl (C=O) groups is 1. The van der Waals surface area contributed by atoms with Crippen LogP contribution in [0.5, 0.6) is 0 Å². The molecular weight excluding hydrogens is 176 g/mol. The van der Waals surface area contributed by atoms with Crippen molar-refractivity contribution in [2.24, 2.45) is 11.8 Å². The van der Waals surface area contributed by atoms with Crippen LogP contribution < -0.4 is 0 Å². The van der Waals surface area contributed by atoms with E-state index in [4.69, 9.17) is 4.74 Å². The molecule has 3 unspecified atom stereocenters. The van der Waals surface area contributed by atoms with Crippen LogP contribution in [-0.4, -0.2) is 12.1 Å². The van der Waals surface area contributed by atoms with Crippen molar-refractivity contribution in [2.45, 2.75) is 46.1 Å². The van der Waals surface area contributed by atoms with Gasteiger partial charge in [-0.15, -0.1) is 0 Å². The van der Waals surface area contributed by atoms with Crippen molar-refractivity contribution in [3.8, 4) is 0 Å². The van der Waals surface area contributed by atoms with Crippen LogP contribution >= 0.6 is 0 Å². The maximum absolute atomic E-state index is 11.5. The van der Waals surface area contributed by atoms with Crippen LogP contribution in [-0.2, 0) is 9.53 Å². The van der Waals surface area contributed by atoms with Crippen LogP contribution in [0.25, 0.3) is 0 Å². The highest BCUT2D eigenvalue weighted by Crippen LogP contribution is 2.33. The largest absolute Gasteiger partial charge is 0.459 e. The zero-order valence-corrected chi connectivity index (χ0v) is 9.38. The van der Waals surface area contributed by atoms with Crippen LogP contribution in [0.4, 0.5) is 0 Å². The molecule has 14 heavy (non-hydrogen) atoms. The average Bonchev–Trinajstić information content (AvgIpc) is 2.48. The van der Waals surface area contributed by atoms with Crippen LogP contribution in [0.15, 0.2) is 12.2 Å². The maximum Gasteiger partial charge on any atom is 0.333 e. The summed E-state index contributed by atoms with van der Waals surface area (Å²) in [5.41, 5.74) is 0.580. The summed E-state index contributed by atoms with van der Waals surface area (Å²) >= 11 is 0. The van der Waals surface area contributed by atoms with Gasteiger partial charge in [-0.1, -0.05) is 27.4 Å². The van der Waals surface area contributed by atoms with Crippen molar-refractivity contribution in [3.05, 3.63) is 12.2 Å². The predicted molar refractivity (Wildman–Crippen MR) is 56.9 cm³/mol. The van der Waals surface area contributed by atoms with Gasteiger partial charge in [-0.2, -0.15) is 0 Å². The van der Waals surface area contributed by atoms with Crippen molar-refractivity contribution in [1.82, 2.24) is 0 Å². The lowest BCUT2D eigenvalue weighted by atomic mass is 9.99. The van der Waals surface area contributed by atoms with Crippen molar-refractivity contribution < 1.29 is 9.53 Å². The Kier molecular flexibility index (Phi) is 3.73. The molecule has 0 aromatic rings. The van der Waals surface area contributed by atoms with Crippen LogP contribution in [0.3, 0.4) is 0 Å². The number of hydrogen-bond acceptors (Lipinski definition) is 2. The third-order valence-electron chi connectivity index (χ3n) is 3.36. The molecule has 0 saturated heterocycles. The first kappa shape index (κ1) is 11.3. The molecule has 0 heterocycles. The maximum atomic E-state index is 11.5. The summed E-state index contributed by atoms with van der Waals surface area (Å²) in [5.74, 6) is 0.949. The summed E-state index contributed by atoms with van der Waals surface area (Å²) < 4.78 is 5.41. The molecule has 1 saturated carbocycles. The van der Waals surface area contributed by atoms with E-state index in [1.165, 1.54) is 0 Å². The molecule has 0 radical (unpaired) electrons. The Balaban J connectivity index is 2.45. The first-order valence-corrected chi connectivity index (χ1v) is 5.45. The van der Waals surface area contributed by atoms with E-state index in [1.54, 1.807) is 0 Å².